The highest BCUT2D eigenvalue weighted by Gasteiger charge is 2.23. The summed E-state index contributed by atoms with van der Waals surface area (Å²) in [6, 6.07) is 12.9. The first-order chi connectivity index (χ1) is 11.8. The van der Waals surface area contributed by atoms with E-state index in [2.05, 4.69) is 33.0 Å². The van der Waals surface area contributed by atoms with Crippen molar-refractivity contribution in [2.24, 2.45) is 0 Å². The fourth-order valence-electron chi connectivity index (χ4n) is 3.54. The van der Waals surface area contributed by atoms with E-state index < -0.39 is 0 Å². The number of aryl methyl sites for hydroxylation is 1. The van der Waals surface area contributed by atoms with E-state index in [0.29, 0.717) is 0 Å². The molecule has 2 aromatic heterocycles. The molecule has 5 heteroatoms. The van der Waals surface area contributed by atoms with Crippen LogP contribution in [0.15, 0.2) is 48.7 Å². The van der Waals surface area contributed by atoms with Crippen LogP contribution in [0.25, 0.3) is 33.4 Å². The molecule has 0 radical (unpaired) electrons. The number of rotatable bonds is 2. The van der Waals surface area contributed by atoms with E-state index >= 15 is 0 Å². The smallest absolute Gasteiger partial charge is 0.123 e. The van der Waals surface area contributed by atoms with Crippen LogP contribution < -0.4 is 0 Å². The van der Waals surface area contributed by atoms with Gasteiger partial charge in [-0.1, -0.05) is 24.3 Å². The largest absolute Gasteiger partial charge is 0.327 e. The Bertz CT molecular complexity index is 1060. The monoisotopic (exact) mass is 318 g/mol. The second-order valence-corrected chi connectivity index (χ2v) is 6.16. The maximum absolute atomic E-state index is 13.7. The summed E-state index contributed by atoms with van der Waals surface area (Å²) >= 11 is 0. The second kappa shape index (κ2) is 5.03. The van der Waals surface area contributed by atoms with E-state index in [1.807, 2.05) is 12.3 Å². The third-order valence-electron chi connectivity index (χ3n) is 4.64. The van der Waals surface area contributed by atoms with Gasteiger partial charge in [0.1, 0.15) is 11.6 Å². The number of nitrogens with one attached hydrogen (secondary N) is 1. The Hall–Kier alpha value is -2.95. The molecule has 0 bridgehead atoms. The van der Waals surface area contributed by atoms with Crippen molar-refractivity contribution in [3.05, 3.63) is 60.3 Å². The minimum absolute atomic E-state index is 0.240. The maximum atomic E-state index is 13.7. The number of H-pyrrole nitrogens is 1. The summed E-state index contributed by atoms with van der Waals surface area (Å²) in [6.07, 6.45) is 3.88. The van der Waals surface area contributed by atoms with Crippen molar-refractivity contribution in [3.8, 4) is 22.5 Å². The maximum Gasteiger partial charge on any atom is 0.123 e. The first kappa shape index (κ1) is 13.5. The third-order valence-corrected chi connectivity index (χ3v) is 4.64. The lowest BCUT2D eigenvalue weighted by Gasteiger charge is -2.09. The average molecular weight is 318 g/mol. The molecule has 1 N–H and O–H groups in total. The molecule has 0 fully saturated rings. The number of nitrogens with zero attached hydrogens (tertiary/aromatic N) is 3. The molecule has 118 valence electrons. The average Bonchev–Trinajstić information content (AvgIpc) is 3.29. The van der Waals surface area contributed by atoms with E-state index in [4.69, 9.17) is 4.98 Å². The van der Waals surface area contributed by atoms with Crippen LogP contribution in [0.2, 0.25) is 0 Å². The zero-order valence-electron chi connectivity index (χ0n) is 13.0. The predicted octanol–water partition coefficient (Wildman–Crippen LogP) is 4.18. The zero-order valence-corrected chi connectivity index (χ0v) is 13.0. The van der Waals surface area contributed by atoms with E-state index in [-0.39, 0.29) is 5.82 Å². The Labute approximate surface area is 138 Å². The van der Waals surface area contributed by atoms with Crippen molar-refractivity contribution < 1.29 is 4.39 Å². The normalized spacial score (nSPS) is 13.5. The number of aromatic nitrogens is 4. The molecule has 5 rings (SSSR count). The zero-order chi connectivity index (χ0) is 16.1. The van der Waals surface area contributed by atoms with Crippen molar-refractivity contribution in [1.82, 2.24) is 19.7 Å². The topological polar surface area (TPSA) is 46.5 Å². The van der Waals surface area contributed by atoms with E-state index in [1.54, 1.807) is 12.1 Å². The minimum Gasteiger partial charge on any atom is -0.327 e. The Morgan fingerprint density at radius 3 is 2.96 bits per heavy atom. The van der Waals surface area contributed by atoms with Gasteiger partial charge in [0.05, 0.1) is 23.1 Å². The van der Waals surface area contributed by atoms with Gasteiger partial charge in [-0.2, -0.15) is 5.10 Å². The van der Waals surface area contributed by atoms with E-state index in [0.717, 1.165) is 58.6 Å². The van der Waals surface area contributed by atoms with Crippen LogP contribution in [0.1, 0.15) is 12.2 Å². The fraction of sp³-hybridized carbons (Fsp3) is 0.158. The number of benzene rings is 2. The molecule has 0 atom stereocenters. The van der Waals surface area contributed by atoms with Crippen molar-refractivity contribution in [1.29, 1.82) is 0 Å². The Balaban J connectivity index is 1.77. The Morgan fingerprint density at radius 2 is 2.04 bits per heavy atom. The van der Waals surface area contributed by atoms with Crippen LogP contribution in [0.5, 0.6) is 0 Å². The van der Waals surface area contributed by atoms with E-state index in [1.165, 1.54) is 6.07 Å². The lowest BCUT2D eigenvalue weighted by molar-refractivity contribution is 0.628. The lowest BCUT2D eigenvalue weighted by Crippen LogP contribution is -1.96. The highest BCUT2D eigenvalue weighted by molar-refractivity contribution is 5.87. The molecule has 0 saturated heterocycles. The van der Waals surface area contributed by atoms with Crippen molar-refractivity contribution in [2.45, 2.75) is 19.4 Å². The van der Waals surface area contributed by atoms with Crippen LogP contribution in [0, 0.1) is 5.82 Å². The number of fused-ring (bicyclic) bond motifs is 2. The molecule has 0 saturated carbocycles. The van der Waals surface area contributed by atoms with Gasteiger partial charge in [0.15, 0.2) is 0 Å². The van der Waals surface area contributed by atoms with Gasteiger partial charge in [0, 0.05) is 29.5 Å². The number of aromatic amines is 1. The molecule has 4 nitrogen and oxygen atoms in total. The van der Waals surface area contributed by atoms with Gasteiger partial charge in [0.2, 0.25) is 0 Å². The van der Waals surface area contributed by atoms with Crippen molar-refractivity contribution in [2.75, 3.05) is 0 Å². The molecule has 0 unspecified atom stereocenters. The number of hydrogen-bond acceptors (Lipinski definition) is 2. The van der Waals surface area contributed by atoms with Gasteiger partial charge in [-0.05, 0) is 24.6 Å². The summed E-state index contributed by atoms with van der Waals surface area (Å²) in [4.78, 5) is 4.82. The first-order valence-corrected chi connectivity index (χ1v) is 8.08. The molecule has 0 amide bonds. The molecule has 1 aliphatic rings. The summed E-state index contributed by atoms with van der Waals surface area (Å²) in [5, 5.41) is 8.19. The van der Waals surface area contributed by atoms with Gasteiger partial charge in [-0.15, -0.1) is 0 Å². The van der Waals surface area contributed by atoms with Gasteiger partial charge in [-0.3, -0.25) is 5.10 Å². The summed E-state index contributed by atoms with van der Waals surface area (Å²) in [6.45, 7) is 0.952. The molecule has 3 heterocycles. The number of hydrogen-bond donors (Lipinski definition) is 1. The van der Waals surface area contributed by atoms with Crippen molar-refractivity contribution in [3.63, 3.8) is 0 Å². The van der Waals surface area contributed by atoms with Crippen molar-refractivity contribution >= 4 is 10.9 Å². The lowest BCUT2D eigenvalue weighted by atomic mass is 10.0. The van der Waals surface area contributed by atoms with Crippen LogP contribution in [-0.4, -0.2) is 19.7 Å². The summed E-state index contributed by atoms with van der Waals surface area (Å²) in [5.41, 5.74) is 4.79. The molecule has 0 aliphatic carbocycles. The van der Waals surface area contributed by atoms with Crippen LogP contribution in [0.3, 0.4) is 0 Å². The third kappa shape index (κ3) is 1.98. The quantitative estimate of drug-likeness (QED) is 0.603. The molecule has 24 heavy (non-hydrogen) atoms. The number of imidazole rings is 1. The molecular formula is C19H15FN4. The molecule has 4 aromatic rings. The Kier molecular flexibility index (Phi) is 2.82. The highest BCUT2D eigenvalue weighted by atomic mass is 19.1. The van der Waals surface area contributed by atoms with Crippen LogP contribution >= 0.6 is 0 Å². The Morgan fingerprint density at radius 1 is 1.08 bits per heavy atom. The second-order valence-electron chi connectivity index (χ2n) is 6.16. The summed E-state index contributed by atoms with van der Waals surface area (Å²) < 4.78 is 16.0. The van der Waals surface area contributed by atoms with E-state index in [9.17, 15) is 4.39 Å². The van der Waals surface area contributed by atoms with Gasteiger partial charge >= 0.3 is 0 Å². The van der Waals surface area contributed by atoms with Crippen LogP contribution in [0.4, 0.5) is 4.39 Å². The molecule has 0 spiro atoms. The summed E-state index contributed by atoms with van der Waals surface area (Å²) in [5.74, 6) is 0.838. The van der Waals surface area contributed by atoms with Crippen LogP contribution in [-0.2, 0) is 13.0 Å². The SMILES string of the molecule is Fc1cccc(-c2nc3n(c2-c2ccc4cn[nH]c4c2)CCC3)c1. The minimum atomic E-state index is -0.240. The molecular weight excluding hydrogens is 303 g/mol. The van der Waals surface area contributed by atoms with Gasteiger partial charge in [0.25, 0.3) is 0 Å². The standard InChI is InChI=1S/C19H15FN4/c20-15-4-1-3-12(9-15)18-19(24-8-2-5-17(24)22-18)13-6-7-14-11-21-23-16(14)10-13/h1,3-4,6-7,9-11H,2,5,8H2,(H,21,23). The molecule has 1 aliphatic heterocycles. The number of halogens is 1. The first-order valence-electron chi connectivity index (χ1n) is 8.08. The highest BCUT2D eigenvalue weighted by Crippen LogP contribution is 2.36. The fourth-order valence-corrected chi connectivity index (χ4v) is 3.54. The molecule has 2 aromatic carbocycles. The predicted molar refractivity (Wildman–Crippen MR) is 91.0 cm³/mol. The van der Waals surface area contributed by atoms with Gasteiger partial charge < -0.3 is 4.57 Å². The van der Waals surface area contributed by atoms with Gasteiger partial charge in [-0.25, -0.2) is 9.37 Å². The summed E-state index contributed by atoms with van der Waals surface area (Å²) in [7, 11) is 0.